The molecule has 2 aliphatic rings. The molecule has 18 heavy (non-hydrogen) atoms. The number of fused-ring (bicyclic) bond motifs is 2. The van der Waals surface area contributed by atoms with E-state index in [9.17, 15) is 5.11 Å². The Bertz CT molecular complexity index is 439. The third-order valence-corrected chi connectivity index (χ3v) is 6.02. The minimum atomic E-state index is 0.243. The van der Waals surface area contributed by atoms with E-state index in [2.05, 4.69) is 11.9 Å². The van der Waals surface area contributed by atoms with E-state index in [0.29, 0.717) is 10.3 Å². The summed E-state index contributed by atoms with van der Waals surface area (Å²) < 4.78 is 0. The molecule has 0 amide bonds. The molecule has 0 spiro atoms. The third-order valence-electron chi connectivity index (χ3n) is 4.26. The highest BCUT2D eigenvalue weighted by molar-refractivity contribution is 8.00. The maximum atomic E-state index is 9.37. The van der Waals surface area contributed by atoms with Gasteiger partial charge >= 0.3 is 0 Å². The highest BCUT2D eigenvalue weighted by Gasteiger charge is 2.38. The Balaban J connectivity index is 1.70. The van der Waals surface area contributed by atoms with Crippen molar-refractivity contribution in [2.45, 2.75) is 47.9 Å². The smallest absolute Gasteiger partial charge is 0.117 e. The molecule has 0 unspecified atom stereocenters. The minimum Gasteiger partial charge on any atom is -0.508 e. The molecule has 0 aromatic heterocycles. The number of hydrogen-bond donors (Lipinski definition) is 1. The molecule has 0 radical (unpaired) electrons. The second-order valence-electron chi connectivity index (χ2n) is 5.38. The van der Waals surface area contributed by atoms with Crippen LogP contribution in [-0.4, -0.2) is 34.4 Å². The molecule has 0 aliphatic carbocycles. The van der Waals surface area contributed by atoms with Crippen molar-refractivity contribution >= 4 is 23.4 Å². The Labute approximate surface area is 117 Å². The first-order chi connectivity index (χ1) is 8.63. The zero-order valence-corrected chi connectivity index (χ0v) is 12.0. The van der Waals surface area contributed by atoms with Crippen LogP contribution >= 0.6 is 23.4 Å². The average Bonchev–Trinajstić information content (AvgIpc) is 2.57. The van der Waals surface area contributed by atoms with Crippen molar-refractivity contribution in [1.82, 2.24) is 4.90 Å². The number of halogens is 1. The quantitative estimate of drug-likeness (QED) is 0.894. The Morgan fingerprint density at radius 2 is 1.94 bits per heavy atom. The van der Waals surface area contributed by atoms with Crippen LogP contribution in [0.3, 0.4) is 0 Å². The summed E-state index contributed by atoms with van der Waals surface area (Å²) in [5.41, 5.74) is 0. The van der Waals surface area contributed by atoms with E-state index in [1.165, 1.54) is 25.7 Å². The van der Waals surface area contributed by atoms with E-state index in [4.69, 9.17) is 11.6 Å². The molecule has 98 valence electrons. The molecule has 2 nitrogen and oxygen atoms in total. The summed E-state index contributed by atoms with van der Waals surface area (Å²) in [5.74, 6) is 0.243. The van der Waals surface area contributed by atoms with Crippen LogP contribution in [0.15, 0.2) is 23.1 Å². The van der Waals surface area contributed by atoms with Gasteiger partial charge in [-0.2, -0.15) is 0 Å². The van der Waals surface area contributed by atoms with E-state index in [-0.39, 0.29) is 5.75 Å². The van der Waals surface area contributed by atoms with E-state index < -0.39 is 0 Å². The molecule has 2 aliphatic heterocycles. The first-order valence-corrected chi connectivity index (χ1v) is 7.76. The molecule has 4 heteroatoms. The lowest BCUT2D eigenvalue weighted by atomic mass is 10.0. The zero-order chi connectivity index (χ0) is 12.7. The summed E-state index contributed by atoms with van der Waals surface area (Å²) in [6, 6.07) is 6.81. The van der Waals surface area contributed by atoms with E-state index in [1.54, 1.807) is 12.1 Å². The molecule has 3 atom stereocenters. The van der Waals surface area contributed by atoms with Crippen LogP contribution in [0.2, 0.25) is 5.02 Å². The Hall–Kier alpha value is -0.380. The molecule has 2 bridgehead atoms. The fourth-order valence-electron chi connectivity index (χ4n) is 3.22. The monoisotopic (exact) mass is 283 g/mol. The molecule has 2 fully saturated rings. The van der Waals surface area contributed by atoms with E-state index in [0.717, 1.165) is 17.0 Å². The summed E-state index contributed by atoms with van der Waals surface area (Å²) in [7, 11) is 2.26. The molecule has 2 saturated heterocycles. The summed E-state index contributed by atoms with van der Waals surface area (Å²) in [6.45, 7) is 0. The maximum absolute atomic E-state index is 9.37. The van der Waals surface area contributed by atoms with Crippen LogP contribution in [0.25, 0.3) is 0 Å². The Morgan fingerprint density at radius 1 is 1.28 bits per heavy atom. The maximum Gasteiger partial charge on any atom is 0.117 e. The number of phenols is 1. The SMILES string of the molecule is CN1[C@@H]2CC[C@H]1C[C@H](Sc1ccc(O)cc1Cl)C2. The predicted molar refractivity (Wildman–Crippen MR) is 76.6 cm³/mol. The molecule has 1 aromatic rings. The van der Waals surface area contributed by atoms with Gasteiger partial charge in [0, 0.05) is 22.2 Å². The van der Waals surface area contributed by atoms with Gasteiger partial charge in [-0.15, -0.1) is 11.8 Å². The van der Waals surface area contributed by atoms with Gasteiger partial charge in [0.1, 0.15) is 5.75 Å². The van der Waals surface area contributed by atoms with Gasteiger partial charge in [0.15, 0.2) is 0 Å². The molecule has 1 aromatic carbocycles. The van der Waals surface area contributed by atoms with Gasteiger partial charge in [-0.05, 0) is 50.9 Å². The standard InChI is InChI=1S/C14H18ClNOS/c1-16-9-2-3-10(16)7-12(6-9)18-14-5-4-11(17)8-13(14)15/h4-5,8-10,12,17H,2-3,6-7H2,1H3/t9-,10+,12-. The first kappa shape index (κ1) is 12.6. The number of piperidine rings is 1. The number of phenolic OH excluding ortho intramolecular Hbond substituents is 1. The number of nitrogens with zero attached hydrogens (tertiary/aromatic N) is 1. The summed E-state index contributed by atoms with van der Waals surface area (Å²) in [5, 5.41) is 10.7. The van der Waals surface area contributed by atoms with Crippen molar-refractivity contribution in [2.75, 3.05) is 7.05 Å². The lowest BCUT2D eigenvalue weighted by Crippen LogP contribution is -2.40. The van der Waals surface area contributed by atoms with Gasteiger partial charge in [0.25, 0.3) is 0 Å². The second-order valence-corrected chi connectivity index (χ2v) is 7.13. The van der Waals surface area contributed by atoms with Crippen molar-refractivity contribution < 1.29 is 5.11 Å². The van der Waals surface area contributed by atoms with Crippen LogP contribution < -0.4 is 0 Å². The van der Waals surface area contributed by atoms with Crippen molar-refractivity contribution in [2.24, 2.45) is 0 Å². The molecular formula is C14H18ClNOS. The second kappa shape index (κ2) is 4.95. The molecule has 2 heterocycles. The Kier molecular flexibility index (Phi) is 3.48. The fraction of sp³-hybridized carbons (Fsp3) is 0.571. The van der Waals surface area contributed by atoms with Gasteiger partial charge in [-0.25, -0.2) is 0 Å². The number of rotatable bonds is 2. The summed E-state index contributed by atoms with van der Waals surface area (Å²) in [6.07, 6.45) is 5.22. The Morgan fingerprint density at radius 3 is 2.56 bits per heavy atom. The molecule has 1 N–H and O–H groups in total. The van der Waals surface area contributed by atoms with E-state index >= 15 is 0 Å². The largest absolute Gasteiger partial charge is 0.508 e. The van der Waals surface area contributed by atoms with Crippen LogP contribution in [-0.2, 0) is 0 Å². The predicted octanol–water partition coefficient (Wildman–Crippen LogP) is 3.76. The minimum absolute atomic E-state index is 0.243. The number of aromatic hydroxyl groups is 1. The van der Waals surface area contributed by atoms with Crippen molar-refractivity contribution in [3.63, 3.8) is 0 Å². The number of thioether (sulfide) groups is 1. The van der Waals surface area contributed by atoms with Gasteiger partial charge in [0.05, 0.1) is 5.02 Å². The molecular weight excluding hydrogens is 266 g/mol. The fourth-order valence-corrected chi connectivity index (χ4v) is 4.85. The highest BCUT2D eigenvalue weighted by Crippen LogP contribution is 2.43. The lowest BCUT2D eigenvalue weighted by Gasteiger charge is -2.36. The van der Waals surface area contributed by atoms with Gasteiger partial charge in [-0.3, -0.25) is 0 Å². The molecule has 3 rings (SSSR count). The van der Waals surface area contributed by atoms with Crippen LogP contribution in [0.5, 0.6) is 5.75 Å². The molecule has 0 saturated carbocycles. The van der Waals surface area contributed by atoms with Gasteiger partial charge in [0.2, 0.25) is 0 Å². The third kappa shape index (κ3) is 2.36. The summed E-state index contributed by atoms with van der Waals surface area (Å²) in [4.78, 5) is 3.65. The van der Waals surface area contributed by atoms with Crippen molar-refractivity contribution in [3.05, 3.63) is 23.2 Å². The number of hydrogen-bond acceptors (Lipinski definition) is 3. The van der Waals surface area contributed by atoms with Crippen molar-refractivity contribution in [1.29, 1.82) is 0 Å². The topological polar surface area (TPSA) is 23.5 Å². The van der Waals surface area contributed by atoms with Gasteiger partial charge in [-0.1, -0.05) is 11.6 Å². The first-order valence-electron chi connectivity index (χ1n) is 6.50. The van der Waals surface area contributed by atoms with E-state index in [1.807, 2.05) is 17.8 Å². The average molecular weight is 284 g/mol. The number of benzene rings is 1. The van der Waals surface area contributed by atoms with Crippen LogP contribution in [0, 0.1) is 0 Å². The van der Waals surface area contributed by atoms with Gasteiger partial charge < -0.3 is 10.0 Å². The lowest BCUT2D eigenvalue weighted by molar-refractivity contribution is 0.183. The van der Waals surface area contributed by atoms with Crippen LogP contribution in [0.4, 0.5) is 0 Å². The van der Waals surface area contributed by atoms with Crippen molar-refractivity contribution in [3.8, 4) is 5.75 Å². The van der Waals surface area contributed by atoms with Crippen LogP contribution in [0.1, 0.15) is 25.7 Å². The summed E-state index contributed by atoms with van der Waals surface area (Å²) >= 11 is 8.05. The normalized spacial score (nSPS) is 31.8. The zero-order valence-electron chi connectivity index (χ0n) is 10.5. The highest BCUT2D eigenvalue weighted by atomic mass is 35.5.